The fourth-order valence-corrected chi connectivity index (χ4v) is 2.60. The van der Waals surface area contributed by atoms with Crippen molar-refractivity contribution in [2.75, 3.05) is 18.8 Å². The van der Waals surface area contributed by atoms with E-state index in [0.717, 1.165) is 18.7 Å². The van der Waals surface area contributed by atoms with E-state index in [4.69, 9.17) is 5.73 Å². The second kappa shape index (κ2) is 5.24. The summed E-state index contributed by atoms with van der Waals surface area (Å²) >= 11 is 0. The van der Waals surface area contributed by atoms with E-state index in [-0.39, 0.29) is 5.54 Å². The summed E-state index contributed by atoms with van der Waals surface area (Å²) in [6.07, 6.45) is 4.39. The number of hydrogen-bond donors (Lipinski definition) is 2. The van der Waals surface area contributed by atoms with Crippen LogP contribution in [0.15, 0.2) is 18.3 Å². The van der Waals surface area contributed by atoms with Crippen molar-refractivity contribution in [1.29, 1.82) is 0 Å². The smallest absolute Gasteiger partial charge is 0.123 e. The van der Waals surface area contributed by atoms with E-state index in [1.165, 1.54) is 12.8 Å². The number of likely N-dealkylation sites (tertiary alicyclic amines) is 1. The molecule has 1 fully saturated rings. The van der Waals surface area contributed by atoms with Gasteiger partial charge in [0.2, 0.25) is 0 Å². The van der Waals surface area contributed by atoms with Gasteiger partial charge in [-0.3, -0.25) is 4.90 Å². The third-order valence-corrected chi connectivity index (χ3v) is 4.01. The van der Waals surface area contributed by atoms with E-state index >= 15 is 0 Å². The monoisotopic (exact) mass is 249 g/mol. The average Bonchev–Trinajstić information content (AvgIpc) is 2.82. The van der Waals surface area contributed by atoms with Crippen molar-refractivity contribution in [3.05, 3.63) is 23.9 Å². The first-order valence-corrected chi connectivity index (χ1v) is 6.63. The lowest BCUT2D eigenvalue weighted by molar-refractivity contribution is 0.00337. The molecule has 1 aliphatic rings. The maximum absolute atomic E-state index is 10.5. The molecular formula is C14H23N3O. The molecule has 0 spiro atoms. The molecule has 4 nitrogen and oxygen atoms in total. The number of aromatic nitrogens is 1. The van der Waals surface area contributed by atoms with Gasteiger partial charge in [0.1, 0.15) is 5.82 Å². The number of pyridine rings is 1. The number of anilines is 1. The first-order chi connectivity index (χ1) is 8.50. The Labute approximate surface area is 109 Å². The minimum atomic E-state index is -0.391. The zero-order valence-corrected chi connectivity index (χ0v) is 11.3. The minimum absolute atomic E-state index is 0.186. The average molecular weight is 249 g/mol. The van der Waals surface area contributed by atoms with Gasteiger partial charge in [0.15, 0.2) is 0 Å². The number of nitrogens with zero attached hydrogens (tertiary/aromatic N) is 2. The standard InChI is InChI=1S/C14H23N3O/c1-14(2,17-7-3-4-8-17)12(18)9-11-5-6-16-13(15)10-11/h5-6,10,12,18H,3-4,7-9H2,1-2H3,(H2,15,16). The van der Waals surface area contributed by atoms with Crippen LogP contribution >= 0.6 is 0 Å². The Morgan fingerprint density at radius 3 is 2.72 bits per heavy atom. The number of rotatable bonds is 4. The first kappa shape index (κ1) is 13.3. The minimum Gasteiger partial charge on any atom is -0.391 e. The molecule has 0 aromatic carbocycles. The summed E-state index contributed by atoms with van der Waals surface area (Å²) in [5, 5.41) is 10.5. The quantitative estimate of drug-likeness (QED) is 0.847. The van der Waals surface area contributed by atoms with Crippen LogP contribution in [-0.2, 0) is 6.42 Å². The maximum atomic E-state index is 10.5. The molecule has 2 rings (SSSR count). The Bertz CT molecular complexity index is 400. The topological polar surface area (TPSA) is 62.4 Å². The van der Waals surface area contributed by atoms with Gasteiger partial charge in [-0.1, -0.05) is 0 Å². The Hall–Kier alpha value is -1.13. The highest BCUT2D eigenvalue weighted by Crippen LogP contribution is 2.26. The van der Waals surface area contributed by atoms with Gasteiger partial charge in [0.05, 0.1) is 6.10 Å². The zero-order chi connectivity index (χ0) is 13.2. The van der Waals surface area contributed by atoms with Gasteiger partial charge in [-0.15, -0.1) is 0 Å². The molecule has 1 atom stereocenters. The lowest BCUT2D eigenvalue weighted by atomic mass is 9.90. The molecular weight excluding hydrogens is 226 g/mol. The largest absolute Gasteiger partial charge is 0.391 e. The molecule has 100 valence electrons. The molecule has 1 aromatic rings. The van der Waals surface area contributed by atoms with Gasteiger partial charge < -0.3 is 10.8 Å². The lowest BCUT2D eigenvalue weighted by Crippen LogP contribution is -2.51. The van der Waals surface area contributed by atoms with E-state index < -0.39 is 6.10 Å². The summed E-state index contributed by atoms with van der Waals surface area (Å²) in [6.45, 7) is 6.41. The molecule has 2 heterocycles. The molecule has 1 aromatic heterocycles. The molecule has 1 saturated heterocycles. The Kier molecular flexibility index (Phi) is 3.88. The van der Waals surface area contributed by atoms with E-state index in [1.54, 1.807) is 6.20 Å². The lowest BCUT2D eigenvalue weighted by Gasteiger charge is -2.39. The Morgan fingerprint density at radius 1 is 1.44 bits per heavy atom. The van der Waals surface area contributed by atoms with Crippen LogP contribution < -0.4 is 5.73 Å². The molecule has 4 heteroatoms. The third-order valence-electron chi connectivity index (χ3n) is 4.01. The summed E-state index contributed by atoms with van der Waals surface area (Å²) in [7, 11) is 0. The number of nitrogens with two attached hydrogens (primary N) is 1. The van der Waals surface area contributed by atoms with Gasteiger partial charge in [0, 0.05) is 18.2 Å². The van der Waals surface area contributed by atoms with Gasteiger partial charge in [-0.2, -0.15) is 0 Å². The number of aliphatic hydroxyl groups is 1. The van der Waals surface area contributed by atoms with Crippen LogP contribution in [0.2, 0.25) is 0 Å². The van der Waals surface area contributed by atoms with Crippen molar-refractivity contribution in [2.45, 2.75) is 44.8 Å². The molecule has 1 aliphatic heterocycles. The van der Waals surface area contributed by atoms with Crippen molar-refractivity contribution < 1.29 is 5.11 Å². The number of nitrogen functional groups attached to an aromatic ring is 1. The second-order valence-corrected chi connectivity index (χ2v) is 5.66. The number of aliphatic hydroxyl groups excluding tert-OH is 1. The van der Waals surface area contributed by atoms with E-state index in [1.807, 2.05) is 12.1 Å². The predicted octanol–water partition coefficient (Wildman–Crippen LogP) is 1.44. The summed E-state index contributed by atoms with van der Waals surface area (Å²) < 4.78 is 0. The molecule has 0 amide bonds. The SMILES string of the molecule is CC(C)(C(O)Cc1ccnc(N)c1)N1CCCC1. The van der Waals surface area contributed by atoms with Gasteiger partial charge in [-0.25, -0.2) is 4.98 Å². The summed E-state index contributed by atoms with van der Waals surface area (Å²) in [4.78, 5) is 6.35. The normalized spacial score (nSPS) is 19.1. The highest BCUT2D eigenvalue weighted by atomic mass is 16.3. The van der Waals surface area contributed by atoms with Crippen molar-refractivity contribution in [1.82, 2.24) is 9.88 Å². The third kappa shape index (κ3) is 2.82. The highest BCUT2D eigenvalue weighted by molar-refractivity contribution is 5.32. The van der Waals surface area contributed by atoms with Crippen LogP contribution in [0.4, 0.5) is 5.82 Å². The van der Waals surface area contributed by atoms with Gasteiger partial charge >= 0.3 is 0 Å². The van der Waals surface area contributed by atoms with Crippen molar-refractivity contribution >= 4 is 5.82 Å². The highest BCUT2D eigenvalue weighted by Gasteiger charge is 2.35. The fourth-order valence-electron chi connectivity index (χ4n) is 2.60. The summed E-state index contributed by atoms with van der Waals surface area (Å²) in [5.74, 6) is 0.513. The van der Waals surface area contributed by atoms with Crippen LogP contribution in [0, 0.1) is 0 Å². The van der Waals surface area contributed by atoms with Crippen LogP contribution in [0.3, 0.4) is 0 Å². The van der Waals surface area contributed by atoms with Crippen LogP contribution in [-0.4, -0.2) is 39.7 Å². The molecule has 0 aliphatic carbocycles. The molecule has 18 heavy (non-hydrogen) atoms. The number of hydrogen-bond acceptors (Lipinski definition) is 4. The Morgan fingerprint density at radius 2 is 2.11 bits per heavy atom. The summed E-state index contributed by atoms with van der Waals surface area (Å²) in [6, 6.07) is 3.75. The van der Waals surface area contributed by atoms with Crippen molar-refractivity contribution in [3.8, 4) is 0 Å². The second-order valence-electron chi connectivity index (χ2n) is 5.66. The zero-order valence-electron chi connectivity index (χ0n) is 11.3. The fraction of sp³-hybridized carbons (Fsp3) is 0.643. The van der Waals surface area contributed by atoms with Crippen LogP contribution in [0.1, 0.15) is 32.3 Å². The summed E-state index contributed by atoms with van der Waals surface area (Å²) in [5.41, 5.74) is 6.52. The van der Waals surface area contributed by atoms with Crippen molar-refractivity contribution in [3.63, 3.8) is 0 Å². The predicted molar refractivity (Wildman–Crippen MR) is 73.2 cm³/mol. The molecule has 1 unspecified atom stereocenters. The molecule has 3 N–H and O–H groups in total. The molecule has 0 saturated carbocycles. The van der Waals surface area contributed by atoms with Crippen LogP contribution in [0.5, 0.6) is 0 Å². The van der Waals surface area contributed by atoms with Gasteiger partial charge in [0.25, 0.3) is 0 Å². The first-order valence-electron chi connectivity index (χ1n) is 6.63. The molecule has 0 radical (unpaired) electrons. The molecule has 0 bridgehead atoms. The van der Waals surface area contributed by atoms with Gasteiger partial charge in [-0.05, 0) is 57.5 Å². The van der Waals surface area contributed by atoms with Crippen molar-refractivity contribution in [2.24, 2.45) is 0 Å². The van der Waals surface area contributed by atoms with Crippen LogP contribution in [0.25, 0.3) is 0 Å². The van der Waals surface area contributed by atoms with E-state index in [9.17, 15) is 5.11 Å². The Balaban J connectivity index is 2.04. The maximum Gasteiger partial charge on any atom is 0.123 e. The van der Waals surface area contributed by atoms with E-state index in [0.29, 0.717) is 12.2 Å². The van der Waals surface area contributed by atoms with E-state index in [2.05, 4.69) is 23.7 Å².